The Morgan fingerprint density at radius 2 is 1.31 bits per heavy atom. The molecule has 0 aliphatic heterocycles. The maximum Gasteiger partial charge on any atom is 0.217 e. The average Bonchev–Trinajstić information content (AvgIpc) is 2.73. The summed E-state index contributed by atoms with van der Waals surface area (Å²) in [7, 11) is -0.373. The van der Waals surface area contributed by atoms with Gasteiger partial charge < -0.3 is 9.47 Å². The SMILES string of the molecule is C#CC[C@H](C)[C@@H](C)S(=O)(=O)N(Cc1ccc(OC)cc1)Cc1ccc(OC)cc1. The Balaban J connectivity index is 2.33. The second kappa shape index (κ2) is 10.3. The zero-order valence-electron chi connectivity index (χ0n) is 17.5. The van der Waals surface area contributed by atoms with Crippen molar-refractivity contribution in [2.75, 3.05) is 14.2 Å². The lowest BCUT2D eigenvalue weighted by molar-refractivity contribution is 0.382. The Hall–Kier alpha value is -2.49. The van der Waals surface area contributed by atoms with E-state index in [0.717, 1.165) is 22.6 Å². The first-order valence-corrected chi connectivity index (χ1v) is 11.0. The summed E-state index contributed by atoms with van der Waals surface area (Å²) in [5.74, 6) is 3.90. The fraction of sp³-hybridized carbons (Fsp3) is 0.391. The van der Waals surface area contributed by atoms with E-state index >= 15 is 0 Å². The summed E-state index contributed by atoms with van der Waals surface area (Å²) < 4.78 is 38.7. The summed E-state index contributed by atoms with van der Waals surface area (Å²) in [5.41, 5.74) is 1.78. The van der Waals surface area contributed by atoms with Crippen LogP contribution in [0.15, 0.2) is 48.5 Å². The number of methoxy groups -OCH3 is 2. The van der Waals surface area contributed by atoms with Gasteiger partial charge in [0, 0.05) is 19.5 Å². The lowest BCUT2D eigenvalue weighted by Gasteiger charge is -2.28. The van der Waals surface area contributed by atoms with E-state index in [9.17, 15) is 8.42 Å². The first-order valence-electron chi connectivity index (χ1n) is 9.50. The van der Waals surface area contributed by atoms with Crippen molar-refractivity contribution in [2.24, 2.45) is 5.92 Å². The van der Waals surface area contributed by atoms with Crippen molar-refractivity contribution in [3.8, 4) is 23.8 Å². The van der Waals surface area contributed by atoms with Gasteiger partial charge in [0.25, 0.3) is 0 Å². The zero-order valence-corrected chi connectivity index (χ0v) is 18.3. The number of sulfonamides is 1. The molecule has 2 rings (SSSR count). The predicted octanol–water partition coefficient (Wildman–Crippen LogP) is 4.08. The van der Waals surface area contributed by atoms with Crippen molar-refractivity contribution in [3.63, 3.8) is 0 Å². The van der Waals surface area contributed by atoms with Gasteiger partial charge in [0.05, 0.1) is 19.5 Å². The van der Waals surface area contributed by atoms with Crippen LogP contribution in [0.2, 0.25) is 0 Å². The van der Waals surface area contributed by atoms with Crippen molar-refractivity contribution >= 4 is 10.0 Å². The molecule has 0 unspecified atom stereocenters. The maximum atomic E-state index is 13.4. The number of nitrogens with zero attached hydrogens (tertiary/aromatic N) is 1. The highest BCUT2D eigenvalue weighted by molar-refractivity contribution is 7.89. The number of hydrogen-bond donors (Lipinski definition) is 0. The third kappa shape index (κ3) is 5.99. The number of ether oxygens (including phenoxy) is 2. The molecule has 0 amide bonds. The van der Waals surface area contributed by atoms with Crippen molar-refractivity contribution in [1.82, 2.24) is 4.31 Å². The molecule has 0 heterocycles. The van der Waals surface area contributed by atoms with Gasteiger partial charge in [0.1, 0.15) is 11.5 Å². The Bertz CT molecular complexity index is 865. The largest absolute Gasteiger partial charge is 0.497 e. The molecule has 2 aromatic carbocycles. The van der Waals surface area contributed by atoms with E-state index in [2.05, 4.69) is 5.92 Å². The minimum atomic E-state index is -3.57. The van der Waals surface area contributed by atoms with Crippen molar-refractivity contribution in [2.45, 2.75) is 38.6 Å². The Kier molecular flexibility index (Phi) is 8.12. The van der Waals surface area contributed by atoms with E-state index < -0.39 is 15.3 Å². The molecule has 6 heteroatoms. The molecule has 156 valence electrons. The number of rotatable bonds is 10. The normalized spacial score (nSPS) is 13.5. The van der Waals surface area contributed by atoms with Crippen LogP contribution in [0, 0.1) is 18.3 Å². The van der Waals surface area contributed by atoms with Crippen LogP contribution in [0.3, 0.4) is 0 Å². The summed E-state index contributed by atoms with van der Waals surface area (Å²) >= 11 is 0. The van der Waals surface area contributed by atoms with E-state index in [1.807, 2.05) is 55.5 Å². The maximum absolute atomic E-state index is 13.4. The van der Waals surface area contributed by atoms with Gasteiger partial charge in [-0.05, 0) is 48.2 Å². The minimum absolute atomic E-state index is 0.140. The van der Waals surface area contributed by atoms with Crippen LogP contribution in [-0.4, -0.2) is 32.2 Å². The molecular formula is C23H29NO4S. The van der Waals surface area contributed by atoms with Gasteiger partial charge in [-0.3, -0.25) is 0 Å². The molecule has 0 radical (unpaired) electrons. The lowest BCUT2D eigenvalue weighted by atomic mass is 10.1. The van der Waals surface area contributed by atoms with Gasteiger partial charge in [0.2, 0.25) is 10.0 Å². The third-order valence-electron chi connectivity index (χ3n) is 5.11. The fourth-order valence-electron chi connectivity index (χ4n) is 2.99. The molecule has 0 bridgehead atoms. The smallest absolute Gasteiger partial charge is 0.217 e. The Morgan fingerprint density at radius 1 is 0.897 bits per heavy atom. The van der Waals surface area contributed by atoms with Gasteiger partial charge in [-0.1, -0.05) is 31.2 Å². The van der Waals surface area contributed by atoms with Crippen LogP contribution in [0.1, 0.15) is 31.4 Å². The standard InChI is InChI=1S/C23H29NO4S/c1-6-7-18(2)19(3)29(25,26)24(16-20-8-12-22(27-4)13-9-20)17-21-10-14-23(28-5)15-11-21/h1,8-15,18-19H,7,16-17H2,2-5H3/t18-,19+/m0/s1. The first-order chi connectivity index (χ1) is 13.8. The third-order valence-corrected chi connectivity index (χ3v) is 7.49. The van der Waals surface area contributed by atoms with Crippen molar-refractivity contribution in [3.05, 3.63) is 59.7 Å². The van der Waals surface area contributed by atoms with E-state index in [1.54, 1.807) is 21.1 Å². The van der Waals surface area contributed by atoms with Gasteiger partial charge in [-0.2, -0.15) is 4.31 Å². The number of benzene rings is 2. The predicted molar refractivity (Wildman–Crippen MR) is 116 cm³/mol. The van der Waals surface area contributed by atoms with Crippen LogP contribution >= 0.6 is 0 Å². The summed E-state index contributed by atoms with van der Waals surface area (Å²) in [6, 6.07) is 14.8. The summed E-state index contributed by atoms with van der Waals surface area (Å²) in [6.45, 7) is 4.14. The molecule has 0 saturated carbocycles. The fourth-order valence-corrected chi connectivity index (χ4v) is 4.80. The molecule has 0 aromatic heterocycles. The molecule has 29 heavy (non-hydrogen) atoms. The number of terminal acetylenes is 1. The van der Waals surface area contributed by atoms with Crippen LogP contribution < -0.4 is 9.47 Å². The first kappa shape index (κ1) is 22.8. The molecule has 0 fully saturated rings. The van der Waals surface area contributed by atoms with Gasteiger partial charge in [-0.15, -0.1) is 12.3 Å². The minimum Gasteiger partial charge on any atom is -0.497 e. The molecule has 5 nitrogen and oxygen atoms in total. The molecule has 0 aliphatic rings. The van der Waals surface area contributed by atoms with Gasteiger partial charge >= 0.3 is 0 Å². The Labute approximate surface area is 174 Å². The second-order valence-electron chi connectivity index (χ2n) is 7.10. The summed E-state index contributed by atoms with van der Waals surface area (Å²) in [5, 5.41) is -0.588. The van der Waals surface area contributed by atoms with Gasteiger partial charge in [-0.25, -0.2) is 8.42 Å². The van der Waals surface area contributed by atoms with Crippen LogP contribution in [0.4, 0.5) is 0 Å². The van der Waals surface area contributed by atoms with Crippen molar-refractivity contribution < 1.29 is 17.9 Å². The molecule has 0 spiro atoms. The van der Waals surface area contributed by atoms with Crippen LogP contribution in [0.25, 0.3) is 0 Å². The molecule has 0 aliphatic carbocycles. The molecule has 0 saturated heterocycles. The highest BCUT2D eigenvalue weighted by Crippen LogP contribution is 2.25. The second-order valence-corrected chi connectivity index (χ2v) is 9.39. The van der Waals surface area contributed by atoms with E-state index in [0.29, 0.717) is 6.42 Å². The molecular weight excluding hydrogens is 386 g/mol. The number of hydrogen-bond acceptors (Lipinski definition) is 4. The molecule has 0 N–H and O–H groups in total. The molecule has 2 atom stereocenters. The highest BCUT2D eigenvalue weighted by atomic mass is 32.2. The van der Waals surface area contributed by atoms with E-state index in [1.165, 1.54) is 4.31 Å². The van der Waals surface area contributed by atoms with Crippen LogP contribution in [0.5, 0.6) is 11.5 Å². The lowest BCUT2D eigenvalue weighted by Crippen LogP contribution is -2.39. The summed E-state index contributed by atoms with van der Waals surface area (Å²) in [4.78, 5) is 0. The molecule has 2 aromatic rings. The van der Waals surface area contributed by atoms with Crippen LogP contribution in [-0.2, 0) is 23.1 Å². The highest BCUT2D eigenvalue weighted by Gasteiger charge is 2.32. The van der Waals surface area contributed by atoms with Gasteiger partial charge in [0.15, 0.2) is 0 Å². The van der Waals surface area contributed by atoms with Crippen molar-refractivity contribution in [1.29, 1.82) is 0 Å². The van der Waals surface area contributed by atoms with E-state index in [-0.39, 0.29) is 19.0 Å². The Morgan fingerprint density at radius 3 is 1.66 bits per heavy atom. The topological polar surface area (TPSA) is 55.8 Å². The summed E-state index contributed by atoms with van der Waals surface area (Å²) in [6.07, 6.45) is 5.82. The monoisotopic (exact) mass is 415 g/mol. The zero-order chi connectivity index (χ0) is 21.4. The quantitative estimate of drug-likeness (QED) is 0.549. The average molecular weight is 416 g/mol. The van der Waals surface area contributed by atoms with E-state index in [4.69, 9.17) is 15.9 Å².